The van der Waals surface area contributed by atoms with Crippen molar-refractivity contribution in [1.82, 2.24) is 0 Å². The number of benzene rings is 2. The summed E-state index contributed by atoms with van der Waals surface area (Å²) in [7, 11) is 0. The zero-order chi connectivity index (χ0) is 15.2. The summed E-state index contributed by atoms with van der Waals surface area (Å²) in [4.78, 5) is 16.3. The van der Waals surface area contributed by atoms with E-state index in [0.717, 1.165) is 11.1 Å². The van der Waals surface area contributed by atoms with E-state index in [1.807, 2.05) is 36.4 Å². The minimum absolute atomic E-state index is 0.0911. The third-order valence-electron chi connectivity index (χ3n) is 2.97. The standard InChI is InChI=1S/C18H15NO2/c1-13(20)18-12-16(10-11-17(18)14(2)21-19)9-8-15-6-4-3-5-7-15/h3-7,10-12H,2,19H2,1H3. The molecule has 2 aromatic carbocycles. The molecular formula is C18H15NO2. The largest absolute Gasteiger partial charge is 0.411 e. The molecule has 2 rings (SSSR count). The van der Waals surface area contributed by atoms with Gasteiger partial charge in [-0.05, 0) is 37.3 Å². The van der Waals surface area contributed by atoms with E-state index in [9.17, 15) is 4.79 Å². The predicted octanol–water partition coefficient (Wildman–Crippen LogP) is 3.15. The Morgan fingerprint density at radius 2 is 1.71 bits per heavy atom. The zero-order valence-electron chi connectivity index (χ0n) is 11.7. The van der Waals surface area contributed by atoms with Crippen LogP contribution >= 0.6 is 0 Å². The van der Waals surface area contributed by atoms with Crippen molar-refractivity contribution in [2.75, 3.05) is 0 Å². The summed E-state index contributed by atoms with van der Waals surface area (Å²) >= 11 is 0. The molecule has 0 fully saturated rings. The molecule has 0 heterocycles. The highest BCUT2D eigenvalue weighted by molar-refractivity contribution is 5.98. The fourth-order valence-corrected chi connectivity index (χ4v) is 1.89. The lowest BCUT2D eigenvalue weighted by molar-refractivity contribution is 0.101. The maximum atomic E-state index is 11.7. The fraction of sp³-hybridized carbons (Fsp3) is 0.0556. The first-order valence-corrected chi connectivity index (χ1v) is 6.40. The molecule has 0 aromatic heterocycles. The van der Waals surface area contributed by atoms with E-state index < -0.39 is 0 Å². The maximum Gasteiger partial charge on any atom is 0.160 e. The summed E-state index contributed by atoms with van der Waals surface area (Å²) in [6.45, 7) is 5.16. The molecule has 0 spiro atoms. The molecule has 0 saturated carbocycles. The van der Waals surface area contributed by atoms with Gasteiger partial charge in [0.25, 0.3) is 0 Å². The van der Waals surface area contributed by atoms with Gasteiger partial charge in [0, 0.05) is 22.3 Å². The Balaban J connectivity index is 2.40. The molecule has 0 aliphatic heterocycles. The van der Waals surface area contributed by atoms with Gasteiger partial charge in [-0.1, -0.05) is 36.6 Å². The van der Waals surface area contributed by atoms with Crippen LogP contribution in [-0.4, -0.2) is 5.78 Å². The first-order chi connectivity index (χ1) is 10.1. The van der Waals surface area contributed by atoms with Crippen molar-refractivity contribution in [2.45, 2.75) is 6.92 Å². The van der Waals surface area contributed by atoms with Gasteiger partial charge in [0.2, 0.25) is 0 Å². The van der Waals surface area contributed by atoms with E-state index >= 15 is 0 Å². The van der Waals surface area contributed by atoms with Crippen molar-refractivity contribution in [2.24, 2.45) is 5.90 Å². The summed E-state index contributed by atoms with van der Waals surface area (Å²) in [5.74, 6) is 11.4. The van der Waals surface area contributed by atoms with E-state index in [-0.39, 0.29) is 11.5 Å². The molecule has 0 saturated heterocycles. The highest BCUT2D eigenvalue weighted by Crippen LogP contribution is 2.20. The Bertz CT molecular complexity index is 737. The van der Waals surface area contributed by atoms with Gasteiger partial charge in [-0.3, -0.25) is 4.79 Å². The van der Waals surface area contributed by atoms with E-state index in [4.69, 9.17) is 5.90 Å². The van der Waals surface area contributed by atoms with Crippen molar-refractivity contribution >= 4 is 11.5 Å². The summed E-state index contributed by atoms with van der Waals surface area (Å²) in [5.41, 5.74) is 2.74. The fourth-order valence-electron chi connectivity index (χ4n) is 1.89. The zero-order valence-corrected chi connectivity index (χ0v) is 11.7. The third-order valence-corrected chi connectivity index (χ3v) is 2.97. The van der Waals surface area contributed by atoms with Crippen molar-refractivity contribution in [3.05, 3.63) is 77.4 Å². The van der Waals surface area contributed by atoms with Crippen LogP contribution in [-0.2, 0) is 4.84 Å². The minimum Gasteiger partial charge on any atom is -0.411 e. The van der Waals surface area contributed by atoms with E-state index in [0.29, 0.717) is 11.1 Å². The van der Waals surface area contributed by atoms with Gasteiger partial charge in [-0.15, -0.1) is 0 Å². The van der Waals surface area contributed by atoms with Gasteiger partial charge in [0.05, 0.1) is 0 Å². The lowest BCUT2D eigenvalue weighted by Crippen LogP contribution is -2.04. The van der Waals surface area contributed by atoms with Crippen molar-refractivity contribution < 1.29 is 9.63 Å². The topological polar surface area (TPSA) is 52.3 Å². The van der Waals surface area contributed by atoms with Crippen molar-refractivity contribution in [3.8, 4) is 11.8 Å². The van der Waals surface area contributed by atoms with Gasteiger partial charge >= 0.3 is 0 Å². The van der Waals surface area contributed by atoms with Crippen LogP contribution in [0.25, 0.3) is 5.76 Å². The highest BCUT2D eigenvalue weighted by atomic mass is 16.6. The van der Waals surface area contributed by atoms with Crippen LogP contribution in [0.5, 0.6) is 0 Å². The van der Waals surface area contributed by atoms with Gasteiger partial charge in [-0.25, -0.2) is 0 Å². The van der Waals surface area contributed by atoms with Crippen molar-refractivity contribution in [3.63, 3.8) is 0 Å². The number of carbonyl (C=O) groups excluding carboxylic acids is 1. The van der Waals surface area contributed by atoms with Crippen LogP contribution in [0.1, 0.15) is 34.0 Å². The van der Waals surface area contributed by atoms with Crippen molar-refractivity contribution in [1.29, 1.82) is 0 Å². The number of Topliss-reactive ketones (excluding diaryl/α,β-unsaturated/α-hetero) is 1. The number of ketones is 1. The number of carbonyl (C=O) groups is 1. The molecule has 21 heavy (non-hydrogen) atoms. The second-order valence-electron chi connectivity index (χ2n) is 4.47. The molecule has 0 atom stereocenters. The normalized spacial score (nSPS) is 9.43. The first-order valence-electron chi connectivity index (χ1n) is 6.40. The Hall–Kier alpha value is -2.83. The Morgan fingerprint density at radius 3 is 2.33 bits per heavy atom. The van der Waals surface area contributed by atoms with E-state index in [1.54, 1.807) is 12.1 Å². The van der Waals surface area contributed by atoms with Gasteiger partial charge in [0.15, 0.2) is 5.78 Å². The molecule has 2 N–H and O–H groups in total. The molecular weight excluding hydrogens is 262 g/mol. The summed E-state index contributed by atoms with van der Waals surface area (Å²) < 4.78 is 0. The Labute approximate surface area is 124 Å². The quantitative estimate of drug-likeness (QED) is 0.406. The molecule has 2 aromatic rings. The molecule has 0 aliphatic carbocycles. The summed E-state index contributed by atoms with van der Waals surface area (Å²) in [5, 5.41) is 0. The highest BCUT2D eigenvalue weighted by Gasteiger charge is 2.11. The van der Waals surface area contributed by atoms with Gasteiger partial charge < -0.3 is 4.84 Å². The lowest BCUT2D eigenvalue weighted by Gasteiger charge is -2.08. The molecule has 0 aliphatic rings. The van der Waals surface area contributed by atoms with Crippen LogP contribution in [0.15, 0.2) is 55.1 Å². The van der Waals surface area contributed by atoms with E-state index in [2.05, 4.69) is 23.3 Å². The molecule has 0 unspecified atom stereocenters. The number of hydrogen-bond acceptors (Lipinski definition) is 3. The van der Waals surface area contributed by atoms with Crippen LogP contribution < -0.4 is 5.90 Å². The lowest BCUT2D eigenvalue weighted by atomic mass is 10.00. The number of rotatable bonds is 3. The molecule has 3 heteroatoms. The average Bonchev–Trinajstić information content (AvgIpc) is 2.52. The Kier molecular flexibility index (Phi) is 4.55. The van der Waals surface area contributed by atoms with Crippen LogP contribution in [0.4, 0.5) is 0 Å². The maximum absolute atomic E-state index is 11.7. The molecule has 0 amide bonds. The molecule has 0 bridgehead atoms. The van der Waals surface area contributed by atoms with Gasteiger partial charge in [0.1, 0.15) is 5.76 Å². The second-order valence-corrected chi connectivity index (χ2v) is 4.47. The molecule has 0 radical (unpaired) electrons. The van der Waals surface area contributed by atoms with Crippen LogP contribution in [0.2, 0.25) is 0 Å². The van der Waals surface area contributed by atoms with E-state index in [1.165, 1.54) is 6.92 Å². The SMILES string of the molecule is C=C(ON)c1ccc(C#Cc2ccccc2)cc1C(C)=O. The summed E-state index contributed by atoms with van der Waals surface area (Å²) in [6.07, 6.45) is 0. The smallest absolute Gasteiger partial charge is 0.160 e. The monoisotopic (exact) mass is 277 g/mol. The minimum atomic E-state index is -0.0911. The Morgan fingerprint density at radius 1 is 1.05 bits per heavy atom. The summed E-state index contributed by atoms with van der Waals surface area (Å²) in [6, 6.07) is 14.9. The van der Waals surface area contributed by atoms with Gasteiger partial charge in [-0.2, -0.15) is 5.90 Å². The van der Waals surface area contributed by atoms with Crippen LogP contribution in [0.3, 0.4) is 0 Å². The van der Waals surface area contributed by atoms with Crippen LogP contribution in [0, 0.1) is 11.8 Å². The molecule has 3 nitrogen and oxygen atoms in total. The number of hydrogen-bond donors (Lipinski definition) is 1. The second kappa shape index (κ2) is 6.56. The number of nitrogens with two attached hydrogens (primary N) is 1. The predicted molar refractivity (Wildman–Crippen MR) is 83.2 cm³/mol. The average molecular weight is 277 g/mol. The first kappa shape index (κ1) is 14.6. The third kappa shape index (κ3) is 3.59. The molecule has 104 valence electrons.